The Bertz CT molecular complexity index is 418. The van der Waals surface area contributed by atoms with Crippen LogP contribution in [-0.4, -0.2) is 0 Å². The Morgan fingerprint density at radius 1 is 1.00 bits per heavy atom. The summed E-state index contributed by atoms with van der Waals surface area (Å²) in [6.07, 6.45) is 0. The van der Waals surface area contributed by atoms with Gasteiger partial charge in [0.1, 0.15) is 4.90 Å². The van der Waals surface area contributed by atoms with Gasteiger partial charge in [0.15, 0.2) is 0 Å². The summed E-state index contributed by atoms with van der Waals surface area (Å²) in [5.74, 6) is -0.222. The van der Waals surface area contributed by atoms with E-state index in [1.54, 1.807) is 20.8 Å². The van der Waals surface area contributed by atoms with E-state index in [0.29, 0.717) is 23.3 Å². The number of hydrogen-bond acceptors (Lipinski definition) is 0. The molecule has 0 aliphatic rings. The molecular formula is C10H13F5S. The molecule has 6 heteroatoms. The highest BCUT2D eigenvalue weighted by Crippen LogP contribution is 3.02. The topological polar surface area (TPSA) is 0 Å². The molecule has 0 fully saturated rings. The third-order valence-electron chi connectivity index (χ3n) is 2.32. The number of hydrogen-bond donors (Lipinski definition) is 0. The van der Waals surface area contributed by atoms with Gasteiger partial charge in [0.05, 0.1) is 0 Å². The first-order chi connectivity index (χ1) is 6.81. The summed E-state index contributed by atoms with van der Waals surface area (Å²) in [6, 6.07) is 2.09. The van der Waals surface area contributed by atoms with Crippen LogP contribution < -0.4 is 0 Å². The molecule has 0 heterocycles. The van der Waals surface area contributed by atoms with Crippen molar-refractivity contribution in [1.29, 1.82) is 0 Å². The van der Waals surface area contributed by atoms with Crippen molar-refractivity contribution in [2.45, 2.75) is 31.6 Å². The molecule has 0 aromatic heterocycles. The van der Waals surface area contributed by atoms with Gasteiger partial charge in [-0.1, -0.05) is 39.3 Å². The molecule has 0 aliphatic carbocycles. The Morgan fingerprint density at radius 2 is 1.50 bits per heavy atom. The third kappa shape index (κ3) is 2.87. The minimum Gasteiger partial charge on any atom is -0.0936 e. The summed E-state index contributed by atoms with van der Waals surface area (Å²) in [7, 11) is -9.54. The lowest BCUT2D eigenvalue weighted by Crippen LogP contribution is -2.07. The first kappa shape index (κ1) is 13.3. The van der Waals surface area contributed by atoms with Crippen molar-refractivity contribution in [3.05, 3.63) is 29.3 Å². The molecule has 0 saturated heterocycles. The zero-order chi connectivity index (χ0) is 12.8. The van der Waals surface area contributed by atoms with Crippen LogP contribution in [0.4, 0.5) is 19.4 Å². The SMILES string of the molecule is Cc1ccc(S(F)(F)(F)(F)F)cc1C(C)C. The number of aryl methyl sites for hydroxylation is 1. The lowest BCUT2D eigenvalue weighted by Gasteiger charge is -2.41. The molecule has 0 atom stereocenters. The standard InChI is InChI=1S/C10H13F5S/c1-7(2)10-6-9(5-4-8(10)3)16(11,12,13,14)15/h4-7H,1-3H3. The molecule has 0 aliphatic heterocycles. The fraction of sp³-hybridized carbons (Fsp3) is 0.400. The highest BCUT2D eigenvalue weighted by atomic mass is 32.5. The van der Waals surface area contributed by atoms with Crippen molar-refractivity contribution >= 4 is 10.2 Å². The predicted molar refractivity (Wildman–Crippen MR) is 56.7 cm³/mol. The van der Waals surface area contributed by atoms with E-state index >= 15 is 0 Å². The minimum absolute atomic E-state index is 0.222. The molecule has 0 amide bonds. The van der Waals surface area contributed by atoms with Gasteiger partial charge in [-0.05, 0) is 36.1 Å². The van der Waals surface area contributed by atoms with Crippen LogP contribution in [0.5, 0.6) is 0 Å². The first-order valence-corrected chi connectivity index (χ1v) is 6.61. The Kier molecular flexibility index (Phi) is 2.42. The Labute approximate surface area is 91.2 Å². The van der Waals surface area contributed by atoms with Crippen LogP contribution in [0, 0.1) is 6.92 Å². The van der Waals surface area contributed by atoms with Crippen molar-refractivity contribution < 1.29 is 19.4 Å². The van der Waals surface area contributed by atoms with Crippen LogP contribution in [-0.2, 0) is 0 Å². The van der Waals surface area contributed by atoms with Gasteiger partial charge in [-0.2, -0.15) is 0 Å². The first-order valence-electron chi connectivity index (χ1n) is 4.66. The summed E-state index contributed by atoms with van der Waals surface area (Å²) in [5.41, 5.74) is 0.881. The van der Waals surface area contributed by atoms with Crippen molar-refractivity contribution in [2.24, 2.45) is 0 Å². The molecule has 0 unspecified atom stereocenters. The van der Waals surface area contributed by atoms with Gasteiger partial charge in [0, 0.05) is 0 Å². The zero-order valence-corrected chi connectivity index (χ0v) is 9.92. The van der Waals surface area contributed by atoms with E-state index in [4.69, 9.17) is 0 Å². The van der Waals surface area contributed by atoms with Gasteiger partial charge in [-0.15, -0.1) is 0 Å². The maximum atomic E-state index is 12.5. The van der Waals surface area contributed by atoms with E-state index in [9.17, 15) is 19.4 Å². The lowest BCUT2D eigenvalue weighted by molar-refractivity contribution is 0.364. The maximum absolute atomic E-state index is 12.5. The van der Waals surface area contributed by atoms with Crippen LogP contribution in [0.15, 0.2) is 23.1 Å². The molecule has 0 N–H and O–H groups in total. The highest BCUT2D eigenvalue weighted by Gasteiger charge is 2.65. The van der Waals surface area contributed by atoms with Gasteiger partial charge in [-0.3, -0.25) is 0 Å². The number of benzene rings is 1. The van der Waals surface area contributed by atoms with Gasteiger partial charge < -0.3 is 0 Å². The highest BCUT2D eigenvalue weighted by molar-refractivity contribution is 8.45. The molecule has 1 rings (SSSR count). The van der Waals surface area contributed by atoms with Gasteiger partial charge in [0.2, 0.25) is 0 Å². The second-order valence-corrected chi connectivity index (χ2v) is 6.55. The zero-order valence-electron chi connectivity index (χ0n) is 9.11. The fourth-order valence-electron chi connectivity index (χ4n) is 1.48. The third-order valence-corrected chi connectivity index (χ3v) is 3.46. The van der Waals surface area contributed by atoms with Crippen molar-refractivity contribution in [3.8, 4) is 0 Å². The summed E-state index contributed by atoms with van der Waals surface area (Å²) >= 11 is 0. The van der Waals surface area contributed by atoms with E-state index in [1.165, 1.54) is 0 Å². The molecule has 16 heavy (non-hydrogen) atoms. The molecule has 1 aromatic carbocycles. The Hall–Kier alpha value is -0.780. The molecule has 0 spiro atoms. The van der Waals surface area contributed by atoms with Crippen LogP contribution >= 0.6 is 10.2 Å². The van der Waals surface area contributed by atoms with Gasteiger partial charge in [0.25, 0.3) is 0 Å². The maximum Gasteiger partial charge on any atom is 0.310 e. The molecule has 1 aromatic rings. The van der Waals surface area contributed by atoms with E-state index < -0.39 is 15.1 Å². The molecular weight excluding hydrogens is 247 g/mol. The van der Waals surface area contributed by atoms with Crippen molar-refractivity contribution in [2.75, 3.05) is 0 Å². The van der Waals surface area contributed by atoms with Crippen molar-refractivity contribution in [3.63, 3.8) is 0 Å². The molecule has 94 valence electrons. The van der Waals surface area contributed by atoms with Crippen LogP contribution in [0.1, 0.15) is 30.9 Å². The number of rotatable bonds is 2. The van der Waals surface area contributed by atoms with E-state index in [1.807, 2.05) is 0 Å². The monoisotopic (exact) mass is 260 g/mol. The smallest absolute Gasteiger partial charge is 0.0936 e. The van der Waals surface area contributed by atoms with Gasteiger partial charge in [-0.25, -0.2) is 0 Å². The fourth-order valence-corrected chi connectivity index (χ4v) is 2.16. The molecule has 0 radical (unpaired) electrons. The summed E-state index contributed by atoms with van der Waals surface area (Å²) in [5, 5.41) is 0. The Balaban J connectivity index is 3.47. The summed E-state index contributed by atoms with van der Waals surface area (Å²) < 4.78 is 62.6. The minimum atomic E-state index is -9.54. The molecule has 0 saturated carbocycles. The largest absolute Gasteiger partial charge is 0.310 e. The van der Waals surface area contributed by atoms with Crippen LogP contribution in [0.25, 0.3) is 0 Å². The van der Waals surface area contributed by atoms with E-state index in [2.05, 4.69) is 0 Å². The quantitative estimate of drug-likeness (QED) is 0.591. The summed E-state index contributed by atoms with van der Waals surface area (Å²) in [4.78, 5) is -1.81. The van der Waals surface area contributed by atoms with Crippen LogP contribution in [0.2, 0.25) is 0 Å². The van der Waals surface area contributed by atoms with Gasteiger partial charge >= 0.3 is 10.2 Å². The van der Waals surface area contributed by atoms with E-state index in [-0.39, 0.29) is 5.92 Å². The van der Waals surface area contributed by atoms with Crippen LogP contribution in [0.3, 0.4) is 0 Å². The summed E-state index contributed by atoms with van der Waals surface area (Å²) in [6.45, 7) is 4.93. The molecule has 0 bridgehead atoms. The normalized spacial score (nSPS) is 17.1. The second-order valence-electron chi connectivity index (χ2n) is 4.14. The second kappa shape index (κ2) is 2.91. The molecule has 0 nitrogen and oxygen atoms in total. The average Bonchev–Trinajstić information content (AvgIpc) is 1.99. The van der Waals surface area contributed by atoms with Crippen molar-refractivity contribution in [1.82, 2.24) is 0 Å². The Morgan fingerprint density at radius 3 is 1.88 bits per heavy atom. The van der Waals surface area contributed by atoms with E-state index in [0.717, 1.165) is 6.07 Å². The predicted octanol–water partition coefficient (Wildman–Crippen LogP) is 5.78. The lowest BCUT2D eigenvalue weighted by atomic mass is 9.98. The average molecular weight is 260 g/mol. The number of halogens is 5.